The lowest BCUT2D eigenvalue weighted by molar-refractivity contribution is 0.739. The fourth-order valence-corrected chi connectivity index (χ4v) is 1.93. The molecule has 1 aromatic heterocycles. The summed E-state index contributed by atoms with van der Waals surface area (Å²) in [5.41, 5.74) is 0.460. The van der Waals surface area contributed by atoms with E-state index in [-0.39, 0.29) is 6.54 Å². The van der Waals surface area contributed by atoms with E-state index in [0.717, 1.165) is 4.57 Å². The number of rotatable bonds is 3. The van der Waals surface area contributed by atoms with Gasteiger partial charge in [0.05, 0.1) is 6.07 Å². The Morgan fingerprint density at radius 2 is 1.75 bits per heavy atom. The first-order chi connectivity index (χ1) is 9.54. The van der Waals surface area contributed by atoms with Crippen molar-refractivity contribution >= 4 is 0 Å². The summed E-state index contributed by atoms with van der Waals surface area (Å²) >= 11 is 0. The van der Waals surface area contributed by atoms with Gasteiger partial charge in [0.25, 0.3) is 0 Å². The second kappa shape index (κ2) is 5.57. The molecule has 0 radical (unpaired) electrons. The molecule has 2 rings (SSSR count). The maximum absolute atomic E-state index is 12.0. The van der Waals surface area contributed by atoms with Crippen LogP contribution in [0.2, 0.25) is 0 Å². The van der Waals surface area contributed by atoms with Crippen molar-refractivity contribution in [2.24, 2.45) is 0 Å². The van der Waals surface area contributed by atoms with Crippen LogP contribution in [0.15, 0.2) is 46.2 Å². The third kappa shape index (κ3) is 2.54. The number of nitrogens with zero attached hydrogens (tertiary/aromatic N) is 3. The van der Waals surface area contributed by atoms with E-state index in [0.29, 0.717) is 11.6 Å². The minimum absolute atomic E-state index is 0.124. The Hall–Kier alpha value is -2.61. The highest BCUT2D eigenvalue weighted by molar-refractivity contribution is 5.35. The number of aromatic nitrogens is 2. The third-order valence-corrected chi connectivity index (χ3v) is 3.14. The molecule has 0 fully saturated rings. The Labute approximate surface area is 116 Å². The van der Waals surface area contributed by atoms with Gasteiger partial charge in [-0.2, -0.15) is 5.26 Å². The van der Waals surface area contributed by atoms with Gasteiger partial charge < -0.3 is 0 Å². The summed E-state index contributed by atoms with van der Waals surface area (Å²) in [7, 11) is 0. The van der Waals surface area contributed by atoms with E-state index in [1.807, 2.05) is 30.3 Å². The van der Waals surface area contributed by atoms with Crippen molar-refractivity contribution < 1.29 is 0 Å². The molecular formula is C15H15N3O2. The molecule has 2 aromatic rings. The van der Waals surface area contributed by atoms with Gasteiger partial charge in [0.15, 0.2) is 0 Å². The van der Waals surface area contributed by atoms with Crippen LogP contribution >= 0.6 is 0 Å². The fraction of sp³-hybridized carbons (Fsp3) is 0.267. The van der Waals surface area contributed by atoms with Crippen LogP contribution < -0.4 is 11.1 Å². The molecule has 102 valence electrons. The quantitative estimate of drug-likeness (QED) is 0.795. The number of hydrogen-bond acceptors (Lipinski definition) is 3. The molecule has 0 saturated carbocycles. The van der Waals surface area contributed by atoms with Gasteiger partial charge in [-0.15, -0.1) is 0 Å². The Morgan fingerprint density at radius 3 is 2.30 bits per heavy atom. The van der Waals surface area contributed by atoms with Gasteiger partial charge in [-0.05, 0) is 23.6 Å². The van der Waals surface area contributed by atoms with Crippen molar-refractivity contribution in [1.29, 1.82) is 5.26 Å². The van der Waals surface area contributed by atoms with E-state index in [2.05, 4.69) is 13.8 Å². The predicted molar refractivity (Wildman–Crippen MR) is 76.0 cm³/mol. The first kappa shape index (κ1) is 13.8. The second-order valence-electron chi connectivity index (χ2n) is 4.81. The average Bonchev–Trinajstić information content (AvgIpc) is 2.44. The highest BCUT2D eigenvalue weighted by atomic mass is 16.2. The molecule has 0 aliphatic carbocycles. The molecule has 5 heteroatoms. The monoisotopic (exact) mass is 269 g/mol. The molecule has 1 heterocycles. The van der Waals surface area contributed by atoms with Crippen molar-refractivity contribution in [1.82, 2.24) is 9.13 Å². The Balaban J connectivity index is 2.49. The zero-order chi connectivity index (χ0) is 14.7. The molecule has 1 aromatic carbocycles. The minimum atomic E-state index is -0.693. The summed E-state index contributed by atoms with van der Waals surface area (Å²) in [5.74, 6) is 0.407. The van der Waals surface area contributed by atoms with Crippen molar-refractivity contribution in [3.8, 4) is 11.8 Å². The van der Waals surface area contributed by atoms with Gasteiger partial charge in [0.2, 0.25) is 0 Å². The van der Waals surface area contributed by atoms with Gasteiger partial charge in [-0.3, -0.25) is 18.7 Å². The smallest absolute Gasteiger partial charge is 0.295 e. The molecular weight excluding hydrogens is 254 g/mol. The molecule has 0 saturated heterocycles. The highest BCUT2D eigenvalue weighted by Crippen LogP contribution is 2.15. The summed E-state index contributed by atoms with van der Waals surface area (Å²) in [5, 5.41) is 8.59. The molecule has 0 aliphatic rings. The molecule has 0 aliphatic heterocycles. The van der Waals surface area contributed by atoms with Gasteiger partial charge in [0, 0.05) is 18.1 Å². The Morgan fingerprint density at radius 1 is 1.10 bits per heavy atom. The Kier molecular flexibility index (Phi) is 3.85. The molecule has 0 atom stereocenters. The van der Waals surface area contributed by atoms with Crippen LogP contribution in [0.25, 0.3) is 5.69 Å². The van der Waals surface area contributed by atoms with Crippen molar-refractivity contribution in [3.05, 3.63) is 62.9 Å². The summed E-state index contributed by atoms with van der Waals surface area (Å²) in [6.07, 6.45) is 2.95. The topological polar surface area (TPSA) is 67.8 Å². The van der Waals surface area contributed by atoms with Crippen LogP contribution in [0.4, 0.5) is 0 Å². The summed E-state index contributed by atoms with van der Waals surface area (Å²) in [4.78, 5) is 23.8. The van der Waals surface area contributed by atoms with Crippen LogP contribution in [-0.4, -0.2) is 9.13 Å². The zero-order valence-corrected chi connectivity index (χ0v) is 11.4. The lowest BCUT2D eigenvalue weighted by atomic mass is 10.0. The van der Waals surface area contributed by atoms with Gasteiger partial charge in [-0.1, -0.05) is 26.0 Å². The summed E-state index contributed by atoms with van der Waals surface area (Å²) in [6, 6.07) is 9.34. The fourth-order valence-electron chi connectivity index (χ4n) is 1.93. The summed E-state index contributed by atoms with van der Waals surface area (Å²) < 4.78 is 2.39. The zero-order valence-electron chi connectivity index (χ0n) is 11.4. The molecule has 0 spiro atoms. The van der Waals surface area contributed by atoms with Crippen molar-refractivity contribution in [2.45, 2.75) is 26.3 Å². The molecule has 0 N–H and O–H groups in total. The standard InChI is InChI=1S/C15H15N3O2/c1-11(2)12-3-5-13(6-4-12)18-10-9-17(8-7-16)14(19)15(18)20/h3-6,9-11H,8H2,1-2H3. The first-order valence-corrected chi connectivity index (χ1v) is 6.34. The van der Waals surface area contributed by atoms with Crippen LogP contribution in [-0.2, 0) is 6.54 Å². The van der Waals surface area contributed by atoms with E-state index >= 15 is 0 Å². The SMILES string of the molecule is CC(C)c1ccc(-n2ccn(CC#N)c(=O)c2=O)cc1. The van der Waals surface area contributed by atoms with Crippen LogP contribution in [0.1, 0.15) is 25.3 Å². The van der Waals surface area contributed by atoms with Crippen molar-refractivity contribution in [3.63, 3.8) is 0 Å². The van der Waals surface area contributed by atoms with Gasteiger partial charge >= 0.3 is 11.1 Å². The average molecular weight is 269 g/mol. The normalized spacial score (nSPS) is 10.5. The number of hydrogen-bond donors (Lipinski definition) is 0. The lowest BCUT2D eigenvalue weighted by Gasteiger charge is -2.09. The minimum Gasteiger partial charge on any atom is -0.295 e. The summed E-state index contributed by atoms with van der Waals surface area (Å²) in [6.45, 7) is 4.05. The molecule has 5 nitrogen and oxygen atoms in total. The lowest BCUT2D eigenvalue weighted by Crippen LogP contribution is -2.39. The van der Waals surface area contributed by atoms with E-state index in [1.54, 1.807) is 0 Å². The van der Waals surface area contributed by atoms with E-state index in [1.165, 1.54) is 22.5 Å². The third-order valence-electron chi connectivity index (χ3n) is 3.14. The van der Waals surface area contributed by atoms with Gasteiger partial charge in [0.1, 0.15) is 6.54 Å². The second-order valence-corrected chi connectivity index (χ2v) is 4.81. The first-order valence-electron chi connectivity index (χ1n) is 6.34. The maximum atomic E-state index is 12.0. The number of nitriles is 1. The highest BCUT2D eigenvalue weighted by Gasteiger charge is 2.07. The van der Waals surface area contributed by atoms with E-state index < -0.39 is 11.1 Å². The van der Waals surface area contributed by atoms with Gasteiger partial charge in [-0.25, -0.2) is 0 Å². The number of benzene rings is 1. The molecule has 0 unspecified atom stereocenters. The van der Waals surface area contributed by atoms with Crippen LogP contribution in [0, 0.1) is 11.3 Å². The molecule has 0 amide bonds. The van der Waals surface area contributed by atoms with Crippen LogP contribution in [0.5, 0.6) is 0 Å². The van der Waals surface area contributed by atoms with E-state index in [4.69, 9.17) is 5.26 Å². The Bertz CT molecular complexity index is 761. The molecule has 20 heavy (non-hydrogen) atoms. The predicted octanol–water partition coefficient (Wildman–Crippen LogP) is 1.65. The van der Waals surface area contributed by atoms with Crippen molar-refractivity contribution in [2.75, 3.05) is 0 Å². The molecule has 0 bridgehead atoms. The van der Waals surface area contributed by atoms with Crippen LogP contribution in [0.3, 0.4) is 0 Å². The largest absolute Gasteiger partial charge is 0.321 e. The van der Waals surface area contributed by atoms with E-state index in [9.17, 15) is 9.59 Å². The maximum Gasteiger partial charge on any atom is 0.321 e.